The molecule has 1 aliphatic carbocycles. The molecule has 0 spiro atoms. The number of nitrogens with one attached hydrogen (secondary N) is 1. The minimum absolute atomic E-state index is 0.0715. The number of likely N-dealkylation sites (N-methyl/N-ethyl adjacent to an activating group) is 1. The molecule has 3 rings (SSSR count). The van der Waals surface area contributed by atoms with E-state index in [-0.39, 0.29) is 11.8 Å². The van der Waals surface area contributed by atoms with Gasteiger partial charge in [-0.1, -0.05) is 25.1 Å². The molecule has 0 bridgehead atoms. The summed E-state index contributed by atoms with van der Waals surface area (Å²) in [5.74, 6) is -2.00. The lowest BCUT2D eigenvalue weighted by molar-refractivity contribution is 0.119. The van der Waals surface area contributed by atoms with Gasteiger partial charge in [0, 0.05) is 23.9 Å². The van der Waals surface area contributed by atoms with Crippen LogP contribution in [0.25, 0.3) is 0 Å². The van der Waals surface area contributed by atoms with Crippen molar-refractivity contribution >= 4 is 5.71 Å². The summed E-state index contributed by atoms with van der Waals surface area (Å²) >= 11 is 0. The van der Waals surface area contributed by atoms with E-state index in [1.54, 1.807) is 12.1 Å². The van der Waals surface area contributed by atoms with Gasteiger partial charge >= 0.3 is 0 Å². The van der Waals surface area contributed by atoms with Crippen molar-refractivity contribution in [2.24, 2.45) is 16.7 Å². The number of rotatable bonds is 1. The fourth-order valence-corrected chi connectivity index (χ4v) is 4.71. The van der Waals surface area contributed by atoms with E-state index in [0.717, 1.165) is 5.57 Å². The molecular formula is C21H20FN5. The molecule has 136 valence electrons. The molecule has 0 radical (unpaired) electrons. The Labute approximate surface area is 158 Å². The summed E-state index contributed by atoms with van der Waals surface area (Å²) in [6, 6.07) is 12.1. The Morgan fingerprint density at radius 2 is 1.78 bits per heavy atom. The second-order valence-corrected chi connectivity index (χ2v) is 7.69. The second-order valence-electron chi connectivity index (χ2n) is 7.69. The summed E-state index contributed by atoms with van der Waals surface area (Å²) in [5.41, 5.74) is -1.29. The highest BCUT2D eigenvalue weighted by atomic mass is 19.1. The van der Waals surface area contributed by atoms with Crippen LogP contribution >= 0.6 is 0 Å². The van der Waals surface area contributed by atoms with Gasteiger partial charge in [0.05, 0.1) is 23.9 Å². The zero-order chi connectivity index (χ0) is 20.0. The number of nitrogens with zero attached hydrogens (tertiary/aromatic N) is 4. The Morgan fingerprint density at radius 1 is 1.19 bits per heavy atom. The third kappa shape index (κ3) is 2.47. The molecule has 2 aliphatic rings. The van der Waals surface area contributed by atoms with Crippen molar-refractivity contribution in [2.75, 3.05) is 13.6 Å². The van der Waals surface area contributed by atoms with Crippen LogP contribution in [0.15, 0.2) is 35.9 Å². The summed E-state index contributed by atoms with van der Waals surface area (Å²) < 4.78 is 13.5. The molecule has 0 amide bonds. The van der Waals surface area contributed by atoms with Gasteiger partial charge in [-0.15, -0.1) is 0 Å². The molecule has 1 aromatic rings. The van der Waals surface area contributed by atoms with E-state index in [4.69, 9.17) is 5.41 Å². The van der Waals surface area contributed by atoms with Crippen molar-refractivity contribution in [3.63, 3.8) is 0 Å². The average molecular weight is 361 g/mol. The topological polar surface area (TPSA) is 98.5 Å². The Morgan fingerprint density at radius 3 is 2.30 bits per heavy atom. The van der Waals surface area contributed by atoms with Crippen LogP contribution in [-0.2, 0) is 0 Å². The molecule has 1 saturated carbocycles. The SMILES string of the molecule is C[C@@H]1C=C2[C@@H](C#N)C(=N)C(C#N)(C#N)[C@H](c3ccc(F)cc3)[C@]2(C)CN1C. The third-order valence-electron chi connectivity index (χ3n) is 6.13. The molecule has 5 nitrogen and oxygen atoms in total. The summed E-state index contributed by atoms with van der Waals surface area (Å²) in [6.45, 7) is 4.47. The molecule has 0 unspecified atom stereocenters. The smallest absolute Gasteiger partial charge is 0.190 e. The lowest BCUT2D eigenvalue weighted by Gasteiger charge is -2.55. The normalized spacial score (nSPS) is 32.4. The highest BCUT2D eigenvalue weighted by molar-refractivity contribution is 6.01. The predicted molar refractivity (Wildman–Crippen MR) is 97.9 cm³/mol. The Kier molecular flexibility index (Phi) is 4.38. The number of benzene rings is 1. The van der Waals surface area contributed by atoms with Gasteiger partial charge in [-0.3, -0.25) is 4.90 Å². The van der Waals surface area contributed by atoms with Crippen LogP contribution in [0.4, 0.5) is 4.39 Å². The molecular weight excluding hydrogens is 341 g/mol. The molecule has 0 saturated heterocycles. The monoisotopic (exact) mass is 361 g/mol. The maximum atomic E-state index is 13.5. The number of halogens is 1. The summed E-state index contributed by atoms with van der Waals surface area (Å²) in [5, 5.41) is 38.4. The highest BCUT2D eigenvalue weighted by Crippen LogP contribution is 2.60. The van der Waals surface area contributed by atoms with E-state index in [2.05, 4.69) is 23.1 Å². The van der Waals surface area contributed by atoms with E-state index in [0.29, 0.717) is 12.1 Å². The first-order valence-corrected chi connectivity index (χ1v) is 8.74. The minimum atomic E-state index is -1.79. The molecule has 6 heteroatoms. The summed E-state index contributed by atoms with van der Waals surface area (Å²) in [6.07, 6.45) is 1.97. The molecule has 1 fully saturated rings. The van der Waals surface area contributed by atoms with Gasteiger partial charge < -0.3 is 5.41 Å². The van der Waals surface area contributed by atoms with Crippen LogP contribution in [0.3, 0.4) is 0 Å². The van der Waals surface area contributed by atoms with E-state index in [9.17, 15) is 20.2 Å². The Bertz CT molecular complexity index is 929. The van der Waals surface area contributed by atoms with Gasteiger partial charge in [0.25, 0.3) is 0 Å². The van der Waals surface area contributed by atoms with Crippen molar-refractivity contribution < 1.29 is 4.39 Å². The van der Waals surface area contributed by atoms with E-state index < -0.39 is 28.5 Å². The van der Waals surface area contributed by atoms with Crippen LogP contribution < -0.4 is 0 Å². The van der Waals surface area contributed by atoms with Crippen LogP contribution in [0, 0.1) is 62.0 Å². The molecule has 1 N–H and O–H groups in total. The number of hydrogen-bond donors (Lipinski definition) is 1. The van der Waals surface area contributed by atoms with Crippen molar-refractivity contribution in [2.45, 2.75) is 25.8 Å². The zero-order valence-electron chi connectivity index (χ0n) is 15.5. The van der Waals surface area contributed by atoms with Crippen LogP contribution in [0.5, 0.6) is 0 Å². The molecule has 1 aromatic carbocycles. The first kappa shape index (κ1) is 18.8. The van der Waals surface area contributed by atoms with Gasteiger partial charge in [0.2, 0.25) is 0 Å². The molecule has 4 atom stereocenters. The number of nitriles is 3. The number of fused-ring (bicyclic) bond motifs is 1. The van der Waals surface area contributed by atoms with Crippen molar-refractivity contribution in [1.29, 1.82) is 21.2 Å². The van der Waals surface area contributed by atoms with Gasteiger partial charge in [0.15, 0.2) is 5.41 Å². The fourth-order valence-electron chi connectivity index (χ4n) is 4.71. The van der Waals surface area contributed by atoms with Gasteiger partial charge in [0.1, 0.15) is 11.7 Å². The molecule has 1 heterocycles. The Hall–Kier alpha value is -3.01. The lowest BCUT2D eigenvalue weighted by Crippen LogP contribution is -2.58. The predicted octanol–water partition coefficient (Wildman–Crippen LogP) is 3.38. The van der Waals surface area contributed by atoms with Crippen LogP contribution in [0.2, 0.25) is 0 Å². The van der Waals surface area contributed by atoms with Gasteiger partial charge in [-0.2, -0.15) is 15.8 Å². The average Bonchev–Trinajstić information content (AvgIpc) is 2.65. The Balaban J connectivity index is 2.36. The highest BCUT2D eigenvalue weighted by Gasteiger charge is 2.63. The summed E-state index contributed by atoms with van der Waals surface area (Å²) in [4.78, 5) is 2.10. The largest absolute Gasteiger partial charge is 0.305 e. The maximum Gasteiger partial charge on any atom is 0.190 e. The summed E-state index contributed by atoms with van der Waals surface area (Å²) in [7, 11) is 1.95. The van der Waals surface area contributed by atoms with Crippen molar-refractivity contribution in [3.8, 4) is 18.2 Å². The van der Waals surface area contributed by atoms with Crippen molar-refractivity contribution in [1.82, 2.24) is 4.90 Å². The third-order valence-corrected chi connectivity index (χ3v) is 6.13. The minimum Gasteiger partial charge on any atom is -0.305 e. The van der Waals surface area contributed by atoms with E-state index >= 15 is 0 Å². The molecule has 1 aliphatic heterocycles. The van der Waals surface area contributed by atoms with Crippen LogP contribution in [-0.4, -0.2) is 30.2 Å². The first-order chi connectivity index (χ1) is 12.7. The van der Waals surface area contributed by atoms with Crippen molar-refractivity contribution in [3.05, 3.63) is 47.3 Å². The van der Waals surface area contributed by atoms with E-state index in [1.165, 1.54) is 12.1 Å². The maximum absolute atomic E-state index is 13.5. The van der Waals surface area contributed by atoms with Gasteiger partial charge in [-0.25, -0.2) is 4.39 Å². The quantitative estimate of drug-likeness (QED) is 0.775. The lowest BCUT2D eigenvalue weighted by atomic mass is 9.48. The first-order valence-electron chi connectivity index (χ1n) is 8.74. The molecule has 0 aromatic heterocycles. The van der Waals surface area contributed by atoms with Crippen LogP contribution in [0.1, 0.15) is 25.3 Å². The standard InChI is InChI=1S/C21H20FN5/c1-13-8-17-16(9-23)19(26)21(10-24,11-25)18(20(17,2)12-27(13)3)14-4-6-15(22)7-5-14/h4-8,13,16,18,26H,12H2,1-3H3/t13-,16-,18-,20-/m1/s1. The van der Waals surface area contributed by atoms with Gasteiger partial charge in [-0.05, 0) is 37.2 Å². The fraction of sp³-hybridized carbons (Fsp3) is 0.429. The second kappa shape index (κ2) is 6.31. The number of hydrogen-bond acceptors (Lipinski definition) is 5. The zero-order valence-corrected chi connectivity index (χ0v) is 15.5. The van der Waals surface area contributed by atoms with E-state index in [1.807, 2.05) is 27.0 Å². The molecule has 27 heavy (non-hydrogen) atoms.